The van der Waals surface area contributed by atoms with Crippen LogP contribution in [0.5, 0.6) is 5.75 Å². The van der Waals surface area contributed by atoms with Gasteiger partial charge in [0.25, 0.3) is 0 Å². The maximum Gasteiger partial charge on any atom is 0.120 e. The van der Waals surface area contributed by atoms with Gasteiger partial charge in [-0.05, 0) is 46.0 Å². The first-order valence-corrected chi connectivity index (χ1v) is 6.69. The first-order valence-electron chi connectivity index (χ1n) is 6.69. The van der Waals surface area contributed by atoms with Gasteiger partial charge in [0.15, 0.2) is 0 Å². The van der Waals surface area contributed by atoms with E-state index in [0.29, 0.717) is 11.8 Å². The van der Waals surface area contributed by atoms with E-state index in [1.54, 1.807) is 0 Å². The van der Waals surface area contributed by atoms with Gasteiger partial charge in [0.05, 0.1) is 0 Å². The third-order valence-corrected chi connectivity index (χ3v) is 4.11. The number of likely N-dealkylation sites (tertiary alicyclic amines) is 1. The summed E-state index contributed by atoms with van der Waals surface area (Å²) in [5.41, 5.74) is 2.15. The number of hydrogen-bond donors (Lipinski definition) is 1. The van der Waals surface area contributed by atoms with Gasteiger partial charge in [-0.1, -0.05) is 12.1 Å². The maximum absolute atomic E-state index is 10.1. The number of hydrogen-bond acceptors (Lipinski definition) is 3. The Hall–Kier alpha value is -1.06. The van der Waals surface area contributed by atoms with E-state index in [4.69, 9.17) is 0 Å². The van der Waals surface area contributed by atoms with Gasteiger partial charge in [-0.25, -0.2) is 0 Å². The highest BCUT2D eigenvalue weighted by atomic mass is 16.3. The highest BCUT2D eigenvalue weighted by molar-refractivity contribution is 5.38. The number of rotatable bonds is 3. The van der Waals surface area contributed by atoms with Gasteiger partial charge in [-0.3, -0.25) is 4.90 Å². The van der Waals surface area contributed by atoms with Crippen molar-refractivity contribution in [1.29, 1.82) is 0 Å². The van der Waals surface area contributed by atoms with E-state index in [1.807, 2.05) is 13.0 Å². The van der Waals surface area contributed by atoms with Crippen molar-refractivity contribution in [2.45, 2.75) is 32.4 Å². The van der Waals surface area contributed by atoms with Crippen molar-refractivity contribution in [1.82, 2.24) is 9.80 Å². The first-order chi connectivity index (χ1) is 8.49. The zero-order valence-electron chi connectivity index (χ0n) is 11.8. The van der Waals surface area contributed by atoms with E-state index in [0.717, 1.165) is 24.2 Å². The molecule has 18 heavy (non-hydrogen) atoms. The summed E-state index contributed by atoms with van der Waals surface area (Å²) in [5, 5.41) is 10.1. The SMILES string of the molecule is Cc1ccc(C(C)N2CCC(N(C)C)C2)c(O)c1. The number of likely N-dealkylation sites (N-methyl/N-ethyl adjacent to an activating group) is 1. The fourth-order valence-electron chi connectivity index (χ4n) is 2.75. The lowest BCUT2D eigenvalue weighted by Gasteiger charge is -2.26. The summed E-state index contributed by atoms with van der Waals surface area (Å²) in [6.07, 6.45) is 1.21. The molecular formula is C15H24N2O. The largest absolute Gasteiger partial charge is 0.508 e. The number of phenols is 1. The molecular weight excluding hydrogens is 224 g/mol. The summed E-state index contributed by atoms with van der Waals surface area (Å²) >= 11 is 0. The molecule has 3 heteroatoms. The zero-order chi connectivity index (χ0) is 13.3. The normalized spacial score (nSPS) is 22.6. The van der Waals surface area contributed by atoms with E-state index in [1.165, 1.54) is 6.42 Å². The molecule has 0 aromatic heterocycles. The van der Waals surface area contributed by atoms with Gasteiger partial charge < -0.3 is 10.0 Å². The molecule has 3 nitrogen and oxygen atoms in total. The Morgan fingerprint density at radius 3 is 2.67 bits per heavy atom. The van der Waals surface area contributed by atoms with Crippen molar-refractivity contribution in [3.05, 3.63) is 29.3 Å². The topological polar surface area (TPSA) is 26.7 Å². The minimum Gasteiger partial charge on any atom is -0.508 e. The first kappa shape index (κ1) is 13.4. The quantitative estimate of drug-likeness (QED) is 0.890. The lowest BCUT2D eigenvalue weighted by molar-refractivity contribution is 0.225. The lowest BCUT2D eigenvalue weighted by Crippen LogP contribution is -2.32. The molecule has 0 radical (unpaired) electrons. The van der Waals surface area contributed by atoms with E-state index in [-0.39, 0.29) is 6.04 Å². The smallest absolute Gasteiger partial charge is 0.120 e. The van der Waals surface area contributed by atoms with Gasteiger partial charge in [-0.15, -0.1) is 0 Å². The van der Waals surface area contributed by atoms with Crippen molar-refractivity contribution in [2.24, 2.45) is 0 Å². The highest BCUT2D eigenvalue weighted by Gasteiger charge is 2.28. The fourth-order valence-corrected chi connectivity index (χ4v) is 2.75. The lowest BCUT2D eigenvalue weighted by atomic mass is 10.0. The molecule has 1 N–H and O–H groups in total. The van der Waals surface area contributed by atoms with Crippen molar-refractivity contribution >= 4 is 0 Å². The molecule has 1 aliphatic heterocycles. The van der Waals surface area contributed by atoms with E-state index < -0.39 is 0 Å². The second kappa shape index (κ2) is 5.29. The Labute approximate surface area is 110 Å². The van der Waals surface area contributed by atoms with Gasteiger partial charge >= 0.3 is 0 Å². The van der Waals surface area contributed by atoms with Crippen LogP contribution < -0.4 is 0 Å². The van der Waals surface area contributed by atoms with E-state index in [9.17, 15) is 5.11 Å². The molecule has 1 aliphatic rings. The zero-order valence-corrected chi connectivity index (χ0v) is 11.8. The molecule has 1 saturated heterocycles. The standard InChI is InChI=1S/C15H24N2O/c1-11-5-6-14(15(18)9-11)12(2)17-8-7-13(10-17)16(3)4/h5-6,9,12-13,18H,7-8,10H2,1-4H3. The van der Waals surface area contributed by atoms with Crippen LogP contribution in [0.4, 0.5) is 0 Å². The predicted molar refractivity (Wildman–Crippen MR) is 74.9 cm³/mol. The number of phenolic OH excluding ortho intramolecular Hbond substituents is 1. The highest BCUT2D eigenvalue weighted by Crippen LogP contribution is 2.31. The monoisotopic (exact) mass is 248 g/mol. The average Bonchev–Trinajstić information content (AvgIpc) is 2.77. The van der Waals surface area contributed by atoms with Crippen LogP contribution in [0.3, 0.4) is 0 Å². The molecule has 1 heterocycles. The summed E-state index contributed by atoms with van der Waals surface area (Å²) in [7, 11) is 4.28. The van der Waals surface area contributed by atoms with Crippen LogP contribution in [0.25, 0.3) is 0 Å². The van der Waals surface area contributed by atoms with Crippen LogP contribution in [-0.2, 0) is 0 Å². The molecule has 1 fully saturated rings. The number of nitrogens with zero attached hydrogens (tertiary/aromatic N) is 2. The van der Waals surface area contributed by atoms with Crippen molar-refractivity contribution in [2.75, 3.05) is 27.2 Å². The van der Waals surface area contributed by atoms with E-state index in [2.05, 4.69) is 43.0 Å². The molecule has 2 atom stereocenters. The number of benzene rings is 1. The molecule has 0 aliphatic carbocycles. The molecule has 0 amide bonds. The second-order valence-electron chi connectivity index (χ2n) is 5.64. The summed E-state index contributed by atoms with van der Waals surface area (Å²) in [5.74, 6) is 0.427. The Balaban J connectivity index is 2.10. The molecule has 2 unspecified atom stereocenters. The van der Waals surface area contributed by atoms with Gasteiger partial charge in [-0.2, -0.15) is 0 Å². The Morgan fingerprint density at radius 1 is 1.39 bits per heavy atom. The summed E-state index contributed by atoms with van der Waals surface area (Å²) in [4.78, 5) is 4.75. The van der Waals surface area contributed by atoms with Crippen molar-refractivity contribution in [3.8, 4) is 5.75 Å². The van der Waals surface area contributed by atoms with Gasteiger partial charge in [0, 0.05) is 30.7 Å². The van der Waals surface area contributed by atoms with Crippen LogP contribution in [0.2, 0.25) is 0 Å². The molecule has 1 aromatic rings. The molecule has 0 bridgehead atoms. The average molecular weight is 248 g/mol. The van der Waals surface area contributed by atoms with Crippen LogP contribution in [0.1, 0.15) is 30.5 Å². The van der Waals surface area contributed by atoms with Crippen LogP contribution in [0, 0.1) is 6.92 Å². The Kier molecular flexibility index (Phi) is 3.93. The van der Waals surface area contributed by atoms with E-state index >= 15 is 0 Å². The van der Waals surface area contributed by atoms with Crippen LogP contribution >= 0.6 is 0 Å². The minimum atomic E-state index is 0.288. The molecule has 100 valence electrons. The summed E-state index contributed by atoms with van der Waals surface area (Å²) in [6, 6.07) is 6.91. The Morgan fingerprint density at radius 2 is 2.11 bits per heavy atom. The van der Waals surface area contributed by atoms with Gasteiger partial charge in [0.1, 0.15) is 5.75 Å². The number of aromatic hydroxyl groups is 1. The van der Waals surface area contributed by atoms with Crippen LogP contribution in [-0.4, -0.2) is 48.1 Å². The third-order valence-electron chi connectivity index (χ3n) is 4.11. The maximum atomic E-state index is 10.1. The van der Waals surface area contributed by atoms with Crippen LogP contribution in [0.15, 0.2) is 18.2 Å². The van der Waals surface area contributed by atoms with Gasteiger partial charge in [0.2, 0.25) is 0 Å². The fraction of sp³-hybridized carbons (Fsp3) is 0.600. The predicted octanol–water partition coefficient (Wildman–Crippen LogP) is 2.40. The van der Waals surface area contributed by atoms with Crippen molar-refractivity contribution in [3.63, 3.8) is 0 Å². The molecule has 0 spiro atoms. The molecule has 0 saturated carbocycles. The molecule has 1 aromatic carbocycles. The molecule has 2 rings (SSSR count). The van der Waals surface area contributed by atoms with Crippen molar-refractivity contribution < 1.29 is 5.11 Å². The number of aryl methyl sites for hydroxylation is 1. The third kappa shape index (κ3) is 2.68. The minimum absolute atomic E-state index is 0.288. The second-order valence-corrected chi connectivity index (χ2v) is 5.64. The summed E-state index contributed by atoms with van der Waals surface area (Å²) < 4.78 is 0. The Bertz CT molecular complexity index is 417. The summed E-state index contributed by atoms with van der Waals surface area (Å²) in [6.45, 7) is 6.38.